The van der Waals surface area contributed by atoms with Crippen molar-refractivity contribution in [2.45, 2.75) is 32.8 Å². The fraction of sp³-hybridized carbons (Fsp3) is 0.364. The molecule has 1 aliphatic heterocycles. The molecule has 0 unspecified atom stereocenters. The van der Waals surface area contributed by atoms with Crippen molar-refractivity contribution in [3.05, 3.63) is 53.6 Å². The number of nitrogens with zero attached hydrogens (tertiary/aromatic N) is 1. The Hall–Kier alpha value is -2.86. The summed E-state index contributed by atoms with van der Waals surface area (Å²) in [6, 6.07) is 12.7. The molecule has 2 aromatic rings. The number of benzene rings is 2. The van der Waals surface area contributed by atoms with Crippen LogP contribution in [0.25, 0.3) is 0 Å². The van der Waals surface area contributed by atoms with Gasteiger partial charge in [0.1, 0.15) is 12.4 Å². The van der Waals surface area contributed by atoms with Crippen LogP contribution >= 0.6 is 0 Å². The predicted molar refractivity (Wildman–Crippen MR) is 109 cm³/mol. The summed E-state index contributed by atoms with van der Waals surface area (Å²) in [6.07, 6.45) is 1.85. The van der Waals surface area contributed by atoms with Crippen LogP contribution in [-0.2, 0) is 16.0 Å². The number of nitrogens with one attached hydrogen (secondary N) is 1. The molecule has 148 valence electrons. The van der Waals surface area contributed by atoms with Crippen molar-refractivity contribution in [1.82, 2.24) is 0 Å². The van der Waals surface area contributed by atoms with Crippen molar-refractivity contribution in [2.24, 2.45) is 0 Å². The van der Waals surface area contributed by atoms with E-state index < -0.39 is 0 Å². The Kier molecular flexibility index (Phi) is 6.31. The second-order valence-electron chi connectivity index (χ2n) is 7.07. The van der Waals surface area contributed by atoms with Crippen LogP contribution in [0.3, 0.4) is 0 Å². The second-order valence-corrected chi connectivity index (χ2v) is 7.07. The first-order valence-corrected chi connectivity index (χ1v) is 9.48. The van der Waals surface area contributed by atoms with E-state index in [0.29, 0.717) is 17.8 Å². The highest BCUT2D eigenvalue weighted by molar-refractivity contribution is 6.04. The van der Waals surface area contributed by atoms with Gasteiger partial charge in [-0.05, 0) is 74.7 Å². The summed E-state index contributed by atoms with van der Waals surface area (Å²) in [5.41, 5.74) is 3.22. The smallest absolute Gasteiger partial charge is 0.255 e. The van der Waals surface area contributed by atoms with Crippen LogP contribution in [0.4, 0.5) is 11.4 Å². The van der Waals surface area contributed by atoms with Crippen LogP contribution in [0, 0.1) is 0 Å². The molecular weight excluding hydrogens is 356 g/mol. The minimum atomic E-state index is -0.181. The van der Waals surface area contributed by atoms with Crippen LogP contribution < -0.4 is 15.0 Å². The third kappa shape index (κ3) is 4.70. The highest BCUT2D eigenvalue weighted by atomic mass is 16.5. The highest BCUT2D eigenvalue weighted by Crippen LogP contribution is 2.30. The number of carbonyl (C=O) groups excluding carboxylic acids is 2. The molecule has 3 rings (SSSR count). The van der Waals surface area contributed by atoms with Crippen molar-refractivity contribution in [3.8, 4) is 5.75 Å². The quantitative estimate of drug-likeness (QED) is 0.828. The third-order valence-corrected chi connectivity index (χ3v) is 4.51. The van der Waals surface area contributed by atoms with E-state index in [1.54, 1.807) is 29.2 Å². The van der Waals surface area contributed by atoms with E-state index in [9.17, 15) is 9.59 Å². The number of carbonyl (C=O) groups is 2. The van der Waals surface area contributed by atoms with Gasteiger partial charge < -0.3 is 19.7 Å². The van der Waals surface area contributed by atoms with Crippen molar-refractivity contribution < 1.29 is 19.1 Å². The molecule has 1 heterocycles. The molecule has 0 aromatic heterocycles. The standard InChI is InChI=1S/C22H26N2O4/c1-15(2)28-19-9-6-16(7-10-19)22(26)23-18-8-11-20-17(13-18)5-4-12-24(20)21(25)14-27-3/h6-11,13,15H,4-5,12,14H2,1-3H3,(H,23,26). The van der Waals surface area contributed by atoms with E-state index in [0.717, 1.165) is 29.8 Å². The first-order chi connectivity index (χ1) is 13.5. The summed E-state index contributed by atoms with van der Waals surface area (Å²) >= 11 is 0. The SMILES string of the molecule is COCC(=O)N1CCCc2cc(NC(=O)c3ccc(OC(C)C)cc3)ccc21. The first-order valence-electron chi connectivity index (χ1n) is 9.48. The number of ether oxygens (including phenoxy) is 2. The van der Waals surface area contributed by atoms with Gasteiger partial charge >= 0.3 is 0 Å². The molecule has 0 bridgehead atoms. The lowest BCUT2D eigenvalue weighted by Crippen LogP contribution is -2.37. The predicted octanol–water partition coefficient (Wildman–Crippen LogP) is 3.65. The molecular formula is C22H26N2O4. The minimum Gasteiger partial charge on any atom is -0.491 e. The number of rotatable bonds is 6. The Labute approximate surface area is 165 Å². The lowest BCUT2D eigenvalue weighted by molar-refractivity contribution is -0.122. The van der Waals surface area contributed by atoms with Crippen LogP contribution in [0.2, 0.25) is 0 Å². The molecule has 1 N–H and O–H groups in total. The molecule has 2 amide bonds. The van der Waals surface area contributed by atoms with Crippen LogP contribution in [0.15, 0.2) is 42.5 Å². The third-order valence-electron chi connectivity index (χ3n) is 4.51. The van der Waals surface area contributed by atoms with Gasteiger partial charge in [0.15, 0.2) is 0 Å². The first kappa shape index (κ1) is 19.9. The van der Waals surface area contributed by atoms with E-state index in [1.165, 1.54) is 7.11 Å². The Morgan fingerprint density at radius 1 is 1.14 bits per heavy atom. The Bertz CT molecular complexity index is 846. The molecule has 0 fully saturated rings. The van der Waals surface area contributed by atoms with E-state index in [4.69, 9.17) is 9.47 Å². The topological polar surface area (TPSA) is 67.9 Å². The number of hydrogen-bond donors (Lipinski definition) is 1. The summed E-state index contributed by atoms with van der Waals surface area (Å²) in [6.45, 7) is 4.67. The summed E-state index contributed by atoms with van der Waals surface area (Å²) < 4.78 is 10.6. The average molecular weight is 382 g/mol. The van der Waals surface area contributed by atoms with Gasteiger partial charge in [0.05, 0.1) is 6.10 Å². The van der Waals surface area contributed by atoms with Crippen LogP contribution in [-0.4, -0.2) is 38.2 Å². The monoisotopic (exact) mass is 382 g/mol. The Morgan fingerprint density at radius 3 is 2.57 bits per heavy atom. The molecule has 0 saturated heterocycles. The zero-order chi connectivity index (χ0) is 20.1. The summed E-state index contributed by atoms with van der Waals surface area (Å²) in [5.74, 6) is 0.504. The number of amides is 2. The van der Waals surface area contributed by atoms with Gasteiger partial charge in [0, 0.05) is 30.6 Å². The van der Waals surface area contributed by atoms with Crippen molar-refractivity contribution in [3.63, 3.8) is 0 Å². The van der Waals surface area contributed by atoms with E-state index in [-0.39, 0.29) is 24.5 Å². The molecule has 0 radical (unpaired) electrons. The van der Waals surface area contributed by atoms with Gasteiger partial charge in [-0.3, -0.25) is 9.59 Å². The van der Waals surface area contributed by atoms with Crippen molar-refractivity contribution in [1.29, 1.82) is 0 Å². The highest BCUT2D eigenvalue weighted by Gasteiger charge is 2.22. The van der Waals surface area contributed by atoms with Crippen molar-refractivity contribution in [2.75, 3.05) is 30.5 Å². The molecule has 1 aliphatic rings. The lowest BCUT2D eigenvalue weighted by atomic mass is 10.0. The minimum absolute atomic E-state index is 0.0519. The molecule has 6 nitrogen and oxygen atoms in total. The second kappa shape index (κ2) is 8.89. The van der Waals surface area contributed by atoms with Crippen molar-refractivity contribution >= 4 is 23.2 Å². The number of aryl methyl sites for hydroxylation is 1. The largest absolute Gasteiger partial charge is 0.491 e. The number of methoxy groups -OCH3 is 1. The van der Waals surface area contributed by atoms with Crippen LogP contribution in [0.1, 0.15) is 36.2 Å². The van der Waals surface area contributed by atoms with Gasteiger partial charge in [-0.15, -0.1) is 0 Å². The fourth-order valence-electron chi connectivity index (χ4n) is 3.30. The maximum atomic E-state index is 12.5. The molecule has 0 saturated carbocycles. The Balaban J connectivity index is 1.71. The average Bonchev–Trinajstić information content (AvgIpc) is 2.67. The van der Waals surface area contributed by atoms with E-state index >= 15 is 0 Å². The van der Waals surface area contributed by atoms with E-state index in [1.807, 2.05) is 32.0 Å². The van der Waals surface area contributed by atoms with Gasteiger partial charge in [0.25, 0.3) is 11.8 Å². The maximum Gasteiger partial charge on any atom is 0.255 e. The summed E-state index contributed by atoms with van der Waals surface area (Å²) in [4.78, 5) is 26.5. The number of hydrogen-bond acceptors (Lipinski definition) is 4. The normalized spacial score (nSPS) is 13.2. The Morgan fingerprint density at radius 2 is 1.89 bits per heavy atom. The van der Waals surface area contributed by atoms with Gasteiger partial charge in [-0.2, -0.15) is 0 Å². The molecule has 0 aliphatic carbocycles. The van der Waals surface area contributed by atoms with Gasteiger partial charge in [-0.1, -0.05) is 0 Å². The molecule has 6 heteroatoms. The molecule has 2 aromatic carbocycles. The lowest BCUT2D eigenvalue weighted by Gasteiger charge is -2.29. The maximum absolute atomic E-state index is 12.5. The van der Waals surface area contributed by atoms with E-state index in [2.05, 4.69) is 5.32 Å². The van der Waals surface area contributed by atoms with Gasteiger partial charge in [0.2, 0.25) is 0 Å². The number of anilines is 2. The zero-order valence-corrected chi connectivity index (χ0v) is 16.5. The zero-order valence-electron chi connectivity index (χ0n) is 16.5. The summed E-state index contributed by atoms with van der Waals surface area (Å²) in [5, 5.41) is 2.93. The number of fused-ring (bicyclic) bond motifs is 1. The van der Waals surface area contributed by atoms with Gasteiger partial charge in [-0.25, -0.2) is 0 Å². The fourth-order valence-corrected chi connectivity index (χ4v) is 3.30. The molecule has 28 heavy (non-hydrogen) atoms. The molecule has 0 atom stereocenters. The molecule has 0 spiro atoms. The van der Waals surface area contributed by atoms with Crippen LogP contribution in [0.5, 0.6) is 5.75 Å². The summed E-state index contributed by atoms with van der Waals surface area (Å²) in [7, 11) is 1.52.